The fourth-order valence-corrected chi connectivity index (χ4v) is 0.819. The minimum Gasteiger partial charge on any atom is -0.480 e. The molecule has 0 spiro atoms. The van der Waals surface area contributed by atoms with Crippen molar-refractivity contribution in [2.24, 2.45) is 5.92 Å². The average Bonchev–Trinajstić information content (AvgIpc) is 2.02. The van der Waals surface area contributed by atoms with Crippen LogP contribution in [-0.2, 0) is 4.79 Å². The molecular weight excluding hydrogens is 156 g/mol. The number of carbonyl (C=O) groups is 1. The van der Waals surface area contributed by atoms with Gasteiger partial charge in [-0.3, -0.25) is 9.69 Å². The van der Waals surface area contributed by atoms with Crippen LogP contribution in [0.2, 0.25) is 0 Å². The molecule has 0 saturated carbocycles. The summed E-state index contributed by atoms with van der Waals surface area (Å²) in [6, 6.07) is 1.53. The summed E-state index contributed by atoms with van der Waals surface area (Å²) in [7, 11) is 1.70. The Morgan fingerprint density at radius 1 is 1.67 bits per heavy atom. The fraction of sp³-hybridized carbons (Fsp3) is 0.750. The Bertz CT molecular complexity index is 198. The molecular formula is C8H14N2O2. The van der Waals surface area contributed by atoms with E-state index in [0.29, 0.717) is 6.54 Å². The van der Waals surface area contributed by atoms with Gasteiger partial charge in [-0.2, -0.15) is 5.26 Å². The normalized spacial score (nSPS) is 15.2. The Morgan fingerprint density at radius 3 is 2.50 bits per heavy atom. The van der Waals surface area contributed by atoms with E-state index in [1.54, 1.807) is 25.8 Å². The summed E-state index contributed by atoms with van der Waals surface area (Å²) in [4.78, 5) is 12.1. The summed E-state index contributed by atoms with van der Waals surface area (Å²) in [5.74, 6) is -0.987. The third-order valence-electron chi connectivity index (χ3n) is 1.80. The van der Waals surface area contributed by atoms with Crippen molar-refractivity contribution in [3.05, 3.63) is 0 Å². The molecule has 0 aromatic rings. The molecule has 4 nitrogen and oxygen atoms in total. The second-order valence-corrected chi connectivity index (χ2v) is 2.98. The Morgan fingerprint density at radius 2 is 2.17 bits per heavy atom. The first kappa shape index (κ1) is 10.9. The fourth-order valence-electron chi connectivity index (χ4n) is 0.819. The summed E-state index contributed by atoms with van der Waals surface area (Å²) in [6.07, 6.45) is 0. The molecule has 0 rings (SSSR count). The van der Waals surface area contributed by atoms with Gasteiger partial charge in [0.05, 0.1) is 12.0 Å². The van der Waals surface area contributed by atoms with Gasteiger partial charge in [-0.1, -0.05) is 0 Å². The van der Waals surface area contributed by atoms with Crippen LogP contribution in [0.25, 0.3) is 0 Å². The standard InChI is InChI=1S/C8H14N2O2/c1-6(4-9)5-10(3)7(2)8(11)12/h6-7H,5H2,1-3H3,(H,11,12). The number of carboxylic acid groups (broad SMARTS) is 1. The number of rotatable bonds is 4. The lowest BCUT2D eigenvalue weighted by Gasteiger charge is -2.21. The minimum atomic E-state index is -0.859. The Labute approximate surface area is 72.4 Å². The Balaban J connectivity index is 3.96. The molecule has 2 atom stereocenters. The summed E-state index contributed by atoms with van der Waals surface area (Å²) < 4.78 is 0. The molecule has 12 heavy (non-hydrogen) atoms. The van der Waals surface area contributed by atoms with Crippen molar-refractivity contribution < 1.29 is 9.90 Å². The van der Waals surface area contributed by atoms with Crippen molar-refractivity contribution in [1.29, 1.82) is 5.26 Å². The zero-order valence-corrected chi connectivity index (χ0v) is 7.61. The van der Waals surface area contributed by atoms with Crippen LogP contribution in [0.1, 0.15) is 13.8 Å². The van der Waals surface area contributed by atoms with Crippen molar-refractivity contribution >= 4 is 5.97 Å². The lowest BCUT2D eigenvalue weighted by atomic mass is 10.2. The van der Waals surface area contributed by atoms with Gasteiger partial charge >= 0.3 is 5.97 Å². The average molecular weight is 170 g/mol. The van der Waals surface area contributed by atoms with E-state index in [-0.39, 0.29) is 5.92 Å². The lowest BCUT2D eigenvalue weighted by Crippen LogP contribution is -2.38. The van der Waals surface area contributed by atoms with E-state index in [1.807, 2.05) is 0 Å². The van der Waals surface area contributed by atoms with Crippen molar-refractivity contribution in [3.63, 3.8) is 0 Å². The second kappa shape index (κ2) is 4.73. The van der Waals surface area contributed by atoms with Gasteiger partial charge in [-0.25, -0.2) is 0 Å². The quantitative estimate of drug-likeness (QED) is 0.669. The van der Waals surface area contributed by atoms with Gasteiger partial charge in [0.15, 0.2) is 0 Å². The number of nitrogens with zero attached hydrogens (tertiary/aromatic N) is 2. The third-order valence-corrected chi connectivity index (χ3v) is 1.80. The first-order valence-electron chi connectivity index (χ1n) is 3.81. The van der Waals surface area contributed by atoms with E-state index in [4.69, 9.17) is 10.4 Å². The summed E-state index contributed by atoms with van der Waals surface area (Å²) >= 11 is 0. The Kier molecular flexibility index (Phi) is 4.30. The van der Waals surface area contributed by atoms with E-state index in [1.165, 1.54) is 0 Å². The van der Waals surface area contributed by atoms with Crippen molar-refractivity contribution in [2.75, 3.05) is 13.6 Å². The van der Waals surface area contributed by atoms with Gasteiger partial charge in [0, 0.05) is 6.54 Å². The van der Waals surface area contributed by atoms with Crippen LogP contribution in [0.3, 0.4) is 0 Å². The highest BCUT2D eigenvalue weighted by molar-refractivity contribution is 5.72. The second-order valence-electron chi connectivity index (χ2n) is 2.98. The molecule has 68 valence electrons. The zero-order valence-electron chi connectivity index (χ0n) is 7.61. The predicted octanol–water partition coefficient (Wildman–Crippen LogP) is 0.551. The van der Waals surface area contributed by atoms with E-state index in [0.717, 1.165) is 0 Å². The zero-order chi connectivity index (χ0) is 9.72. The molecule has 2 unspecified atom stereocenters. The number of aliphatic carboxylic acids is 1. The molecule has 0 fully saturated rings. The highest BCUT2D eigenvalue weighted by Crippen LogP contribution is 2.01. The number of likely N-dealkylation sites (N-methyl/N-ethyl adjacent to an activating group) is 1. The van der Waals surface area contributed by atoms with Crippen LogP contribution in [0.4, 0.5) is 0 Å². The summed E-state index contributed by atoms with van der Waals surface area (Å²) in [5.41, 5.74) is 0. The lowest BCUT2D eigenvalue weighted by molar-refractivity contribution is -0.142. The largest absolute Gasteiger partial charge is 0.480 e. The summed E-state index contributed by atoms with van der Waals surface area (Å²) in [5, 5.41) is 17.1. The van der Waals surface area contributed by atoms with E-state index in [2.05, 4.69) is 6.07 Å². The van der Waals surface area contributed by atoms with Crippen LogP contribution >= 0.6 is 0 Å². The van der Waals surface area contributed by atoms with Gasteiger partial charge < -0.3 is 5.11 Å². The maximum absolute atomic E-state index is 10.5. The van der Waals surface area contributed by atoms with Crippen LogP contribution in [0, 0.1) is 17.2 Å². The monoisotopic (exact) mass is 170 g/mol. The van der Waals surface area contributed by atoms with Crippen molar-refractivity contribution in [1.82, 2.24) is 4.90 Å². The van der Waals surface area contributed by atoms with Gasteiger partial charge in [0.25, 0.3) is 0 Å². The highest BCUT2D eigenvalue weighted by Gasteiger charge is 2.17. The molecule has 0 heterocycles. The first-order valence-corrected chi connectivity index (χ1v) is 3.81. The van der Waals surface area contributed by atoms with E-state index < -0.39 is 12.0 Å². The van der Waals surface area contributed by atoms with Gasteiger partial charge in [0.1, 0.15) is 6.04 Å². The highest BCUT2D eigenvalue weighted by atomic mass is 16.4. The molecule has 0 aromatic carbocycles. The predicted molar refractivity (Wildman–Crippen MR) is 44.5 cm³/mol. The van der Waals surface area contributed by atoms with Crippen LogP contribution < -0.4 is 0 Å². The topological polar surface area (TPSA) is 64.3 Å². The number of hydrogen-bond acceptors (Lipinski definition) is 3. The molecule has 0 saturated heterocycles. The van der Waals surface area contributed by atoms with Gasteiger partial charge in [-0.05, 0) is 20.9 Å². The first-order chi connectivity index (χ1) is 5.49. The van der Waals surface area contributed by atoms with Gasteiger partial charge in [-0.15, -0.1) is 0 Å². The van der Waals surface area contributed by atoms with Crippen molar-refractivity contribution in [2.45, 2.75) is 19.9 Å². The maximum atomic E-state index is 10.5. The molecule has 0 aliphatic rings. The molecule has 0 aliphatic carbocycles. The Hall–Kier alpha value is -1.08. The van der Waals surface area contributed by atoms with Crippen LogP contribution in [0.5, 0.6) is 0 Å². The number of hydrogen-bond donors (Lipinski definition) is 1. The van der Waals surface area contributed by atoms with Crippen LogP contribution in [-0.4, -0.2) is 35.6 Å². The molecule has 0 amide bonds. The number of nitriles is 1. The SMILES string of the molecule is CC(C#N)CN(C)C(C)C(=O)O. The molecule has 4 heteroatoms. The summed E-state index contributed by atoms with van der Waals surface area (Å²) in [6.45, 7) is 3.86. The van der Waals surface area contributed by atoms with Crippen molar-refractivity contribution in [3.8, 4) is 6.07 Å². The number of carboxylic acids is 1. The maximum Gasteiger partial charge on any atom is 0.320 e. The minimum absolute atomic E-state index is 0.128. The molecule has 0 aliphatic heterocycles. The van der Waals surface area contributed by atoms with Gasteiger partial charge in [0.2, 0.25) is 0 Å². The molecule has 0 aromatic heterocycles. The van der Waals surface area contributed by atoms with Crippen LogP contribution in [0.15, 0.2) is 0 Å². The third kappa shape index (κ3) is 3.35. The molecule has 0 radical (unpaired) electrons. The smallest absolute Gasteiger partial charge is 0.320 e. The van der Waals surface area contributed by atoms with E-state index in [9.17, 15) is 4.79 Å². The van der Waals surface area contributed by atoms with E-state index >= 15 is 0 Å². The molecule has 1 N–H and O–H groups in total. The molecule has 0 bridgehead atoms.